The minimum absolute atomic E-state index is 0. The maximum atomic E-state index is 10.7. The molecule has 114 valence electrons. The van der Waals surface area contributed by atoms with Crippen LogP contribution in [0, 0.1) is 0 Å². The molecule has 1 unspecified atom stereocenters. The molecular weight excluding hydrogens is 293 g/mol. The van der Waals surface area contributed by atoms with Gasteiger partial charge < -0.3 is 40.5 Å². The average Bonchev–Trinajstić information content (AvgIpc) is 2.33. The van der Waals surface area contributed by atoms with Gasteiger partial charge in [-0.2, -0.15) is 0 Å². The standard InChI is InChI=1S/C8H15NO10.Na.H/c10-1-2(11)3(12)4(13)5(14)6(15)19-8(18)9-7(16)17;;/h2-6,10-15H,1H2,(H,9,18)(H,16,17);;/t2-,3-,4+,5+,6?;;/m1../s1. The Kier molecular flexibility index (Phi) is 11.2. The van der Waals surface area contributed by atoms with E-state index in [1.54, 1.807) is 0 Å². The molecule has 12 heteroatoms. The zero-order chi connectivity index (χ0) is 15.2. The van der Waals surface area contributed by atoms with Crippen LogP contribution in [0.15, 0.2) is 0 Å². The van der Waals surface area contributed by atoms with Crippen LogP contribution >= 0.6 is 0 Å². The zero-order valence-electron chi connectivity index (χ0n) is 9.45. The predicted molar refractivity (Wildman–Crippen MR) is 61.9 cm³/mol. The third-order valence-corrected chi connectivity index (χ3v) is 2.01. The molecule has 5 atom stereocenters. The fourth-order valence-electron chi connectivity index (χ4n) is 1.00. The summed E-state index contributed by atoms with van der Waals surface area (Å²) < 4.78 is 3.97. The first-order chi connectivity index (χ1) is 8.70. The van der Waals surface area contributed by atoms with Gasteiger partial charge in [0.1, 0.15) is 24.4 Å². The van der Waals surface area contributed by atoms with Crippen LogP contribution in [0.5, 0.6) is 0 Å². The summed E-state index contributed by atoms with van der Waals surface area (Å²) in [5, 5.41) is 63.7. The van der Waals surface area contributed by atoms with Crippen molar-refractivity contribution in [1.29, 1.82) is 0 Å². The number of carbonyl (C=O) groups is 2. The van der Waals surface area contributed by atoms with E-state index in [-0.39, 0.29) is 29.6 Å². The van der Waals surface area contributed by atoms with Gasteiger partial charge in [0, 0.05) is 0 Å². The van der Waals surface area contributed by atoms with E-state index < -0.39 is 49.5 Å². The average molecular weight is 309 g/mol. The minimum atomic E-state index is -2.37. The number of carboxylic acid groups (broad SMARTS) is 1. The van der Waals surface area contributed by atoms with E-state index in [1.165, 1.54) is 5.32 Å². The van der Waals surface area contributed by atoms with Gasteiger partial charge in [0.2, 0.25) is 6.29 Å². The Balaban J connectivity index is 0. The van der Waals surface area contributed by atoms with Crippen molar-refractivity contribution in [3.05, 3.63) is 0 Å². The molecular formula is C8H16NNaO10. The molecule has 2 amide bonds. The summed E-state index contributed by atoms with van der Waals surface area (Å²) in [6, 6.07) is 0. The third-order valence-electron chi connectivity index (χ3n) is 2.01. The molecule has 0 saturated heterocycles. The molecule has 0 fully saturated rings. The van der Waals surface area contributed by atoms with Gasteiger partial charge in [0.25, 0.3) is 0 Å². The Hall–Kier alpha value is -0.500. The Labute approximate surface area is 134 Å². The number of aliphatic hydroxyl groups excluding tert-OH is 6. The first-order valence-corrected chi connectivity index (χ1v) is 4.92. The molecule has 8 N–H and O–H groups in total. The van der Waals surface area contributed by atoms with E-state index in [9.17, 15) is 24.9 Å². The van der Waals surface area contributed by atoms with Crippen molar-refractivity contribution in [2.24, 2.45) is 0 Å². The van der Waals surface area contributed by atoms with Crippen LogP contribution in [0.1, 0.15) is 0 Å². The number of hydrogen-bond acceptors (Lipinski definition) is 9. The van der Waals surface area contributed by atoms with Gasteiger partial charge in [-0.1, -0.05) is 0 Å². The summed E-state index contributed by atoms with van der Waals surface area (Å²) in [7, 11) is 0. The fourth-order valence-corrected chi connectivity index (χ4v) is 1.00. The van der Waals surface area contributed by atoms with E-state index in [0.717, 1.165) is 0 Å². The van der Waals surface area contributed by atoms with Crippen molar-refractivity contribution >= 4 is 41.7 Å². The van der Waals surface area contributed by atoms with Gasteiger partial charge >= 0.3 is 41.7 Å². The van der Waals surface area contributed by atoms with E-state index in [0.29, 0.717) is 0 Å². The fraction of sp³-hybridized carbons (Fsp3) is 0.750. The molecule has 0 aromatic carbocycles. The van der Waals surface area contributed by atoms with Gasteiger partial charge in [-0.15, -0.1) is 0 Å². The molecule has 0 rings (SSSR count). The van der Waals surface area contributed by atoms with Gasteiger partial charge in [-0.25, -0.2) is 14.9 Å². The Morgan fingerprint density at radius 3 is 1.90 bits per heavy atom. The van der Waals surface area contributed by atoms with Gasteiger partial charge in [-0.3, -0.25) is 0 Å². The molecule has 0 spiro atoms. The molecule has 0 aromatic rings. The first kappa shape index (κ1) is 21.8. The second kappa shape index (κ2) is 10.3. The predicted octanol–water partition coefficient (Wildman–Crippen LogP) is -4.50. The molecule has 0 aliphatic rings. The summed E-state index contributed by atoms with van der Waals surface area (Å²) in [6.07, 6.45) is -14.0. The summed E-state index contributed by atoms with van der Waals surface area (Å²) in [6.45, 7) is -0.929. The summed E-state index contributed by atoms with van der Waals surface area (Å²) in [4.78, 5) is 20.8. The summed E-state index contributed by atoms with van der Waals surface area (Å²) >= 11 is 0. The molecule has 0 radical (unpaired) electrons. The van der Waals surface area contributed by atoms with Crippen LogP contribution in [0.25, 0.3) is 0 Å². The topological polar surface area (TPSA) is 197 Å². The third kappa shape index (κ3) is 7.33. The van der Waals surface area contributed by atoms with Crippen LogP contribution in [-0.2, 0) is 4.74 Å². The van der Waals surface area contributed by atoms with Crippen LogP contribution in [0.4, 0.5) is 9.59 Å². The van der Waals surface area contributed by atoms with Crippen molar-refractivity contribution in [2.75, 3.05) is 6.61 Å². The van der Waals surface area contributed by atoms with Gasteiger partial charge in [0.15, 0.2) is 0 Å². The molecule has 0 aliphatic heterocycles. The first-order valence-electron chi connectivity index (χ1n) is 4.92. The molecule has 20 heavy (non-hydrogen) atoms. The summed E-state index contributed by atoms with van der Waals surface area (Å²) in [5.74, 6) is 0. The van der Waals surface area contributed by atoms with Crippen LogP contribution in [0.3, 0.4) is 0 Å². The Bertz CT molecular complexity index is 316. The van der Waals surface area contributed by atoms with Crippen molar-refractivity contribution in [1.82, 2.24) is 5.32 Å². The normalized spacial score (nSPS) is 17.9. The van der Waals surface area contributed by atoms with E-state index in [2.05, 4.69) is 4.74 Å². The monoisotopic (exact) mass is 309 g/mol. The number of amides is 2. The zero-order valence-corrected chi connectivity index (χ0v) is 9.45. The van der Waals surface area contributed by atoms with E-state index >= 15 is 0 Å². The van der Waals surface area contributed by atoms with Crippen LogP contribution < -0.4 is 5.32 Å². The van der Waals surface area contributed by atoms with E-state index in [4.69, 9.17) is 20.4 Å². The molecule has 0 bridgehead atoms. The van der Waals surface area contributed by atoms with Crippen molar-refractivity contribution in [3.8, 4) is 0 Å². The Morgan fingerprint density at radius 1 is 1.00 bits per heavy atom. The number of carbonyl (C=O) groups excluding carboxylic acids is 1. The van der Waals surface area contributed by atoms with Crippen molar-refractivity contribution in [3.63, 3.8) is 0 Å². The number of nitrogens with one attached hydrogen (secondary N) is 1. The number of alkyl carbamates (subject to hydrolysis) is 1. The second-order valence-electron chi connectivity index (χ2n) is 3.45. The molecule has 0 saturated carbocycles. The maximum absolute atomic E-state index is 10.7. The van der Waals surface area contributed by atoms with Crippen molar-refractivity contribution in [2.45, 2.75) is 30.7 Å². The molecule has 0 heterocycles. The number of ether oxygens (including phenoxy) is 1. The number of hydrogen-bond donors (Lipinski definition) is 8. The van der Waals surface area contributed by atoms with Crippen LogP contribution in [0.2, 0.25) is 0 Å². The van der Waals surface area contributed by atoms with Gasteiger partial charge in [-0.05, 0) is 0 Å². The SMILES string of the molecule is O=C(O)NC(=O)OC(O)[C@@H](O)[C@@H](O)[C@H](O)[C@H](O)CO.[NaH]. The van der Waals surface area contributed by atoms with Crippen molar-refractivity contribution < 1.29 is 50.1 Å². The number of rotatable bonds is 6. The quantitative estimate of drug-likeness (QED) is 0.175. The molecule has 11 nitrogen and oxygen atoms in total. The Morgan fingerprint density at radius 2 is 1.50 bits per heavy atom. The second-order valence-corrected chi connectivity index (χ2v) is 3.45. The number of aliphatic hydroxyl groups is 6. The van der Waals surface area contributed by atoms with Gasteiger partial charge in [0.05, 0.1) is 6.61 Å². The number of imide groups is 1. The van der Waals surface area contributed by atoms with Crippen LogP contribution in [-0.4, -0.2) is 115 Å². The van der Waals surface area contributed by atoms with E-state index in [1.807, 2.05) is 0 Å². The summed E-state index contributed by atoms with van der Waals surface area (Å²) in [5.41, 5.74) is 0. The molecule has 0 aromatic heterocycles. The molecule has 0 aliphatic carbocycles.